The lowest BCUT2D eigenvalue weighted by atomic mass is 9.72. The first-order valence-electron chi connectivity index (χ1n) is 8.60. The second-order valence-electron chi connectivity index (χ2n) is 7.57. The highest BCUT2D eigenvalue weighted by molar-refractivity contribution is 5.61. The van der Waals surface area contributed by atoms with E-state index in [0.717, 1.165) is 53.7 Å². The number of hydrogen-bond donors (Lipinski definition) is 2. The average Bonchev–Trinajstić information content (AvgIpc) is 2.42. The summed E-state index contributed by atoms with van der Waals surface area (Å²) in [6, 6.07) is 0. The molecule has 1 fully saturated rings. The number of hydrogen-bond acceptors (Lipinski definition) is 3. The fourth-order valence-electron chi connectivity index (χ4n) is 4.17. The Balaban J connectivity index is 2.23. The molecule has 0 radical (unpaired) electrons. The van der Waals surface area contributed by atoms with Crippen LogP contribution in [0, 0.1) is 0 Å². The van der Waals surface area contributed by atoms with E-state index in [9.17, 15) is 10.2 Å². The van der Waals surface area contributed by atoms with Crippen LogP contribution in [0.3, 0.4) is 0 Å². The number of rotatable bonds is 3. The molecule has 22 heavy (non-hydrogen) atoms. The maximum Gasteiger partial charge on any atom is 0.129 e. The van der Waals surface area contributed by atoms with Gasteiger partial charge in [-0.05, 0) is 43.9 Å². The molecule has 2 aliphatic rings. The first kappa shape index (κ1) is 15.7. The normalized spacial score (nSPS) is 19.2. The van der Waals surface area contributed by atoms with Crippen LogP contribution in [0.5, 0.6) is 11.5 Å². The highest BCUT2D eigenvalue weighted by atomic mass is 16.5. The lowest BCUT2D eigenvalue weighted by molar-refractivity contribution is -0.0269. The number of aliphatic hydroxyl groups excluding tert-OH is 1. The summed E-state index contributed by atoms with van der Waals surface area (Å²) in [5, 5.41) is 20.8. The molecule has 0 unspecified atom stereocenters. The van der Waals surface area contributed by atoms with Crippen molar-refractivity contribution >= 4 is 0 Å². The molecule has 0 aromatic heterocycles. The molecule has 122 valence electrons. The van der Waals surface area contributed by atoms with Crippen LogP contribution < -0.4 is 4.74 Å². The summed E-state index contributed by atoms with van der Waals surface area (Å²) in [7, 11) is 0. The van der Waals surface area contributed by atoms with Crippen molar-refractivity contribution in [3.05, 3.63) is 22.3 Å². The van der Waals surface area contributed by atoms with E-state index in [1.165, 1.54) is 6.42 Å². The summed E-state index contributed by atoms with van der Waals surface area (Å²) in [5.41, 5.74) is 3.80. The first-order chi connectivity index (χ1) is 10.4. The molecular weight excluding hydrogens is 276 g/mol. The summed E-state index contributed by atoms with van der Waals surface area (Å²) < 4.78 is 6.44. The van der Waals surface area contributed by atoms with E-state index >= 15 is 0 Å². The third-order valence-electron chi connectivity index (χ3n) is 5.44. The van der Waals surface area contributed by atoms with Crippen molar-refractivity contribution in [2.45, 2.75) is 83.8 Å². The van der Waals surface area contributed by atoms with Crippen molar-refractivity contribution in [2.75, 3.05) is 0 Å². The van der Waals surface area contributed by atoms with Crippen molar-refractivity contribution in [2.24, 2.45) is 0 Å². The molecule has 0 saturated heterocycles. The zero-order valence-corrected chi connectivity index (χ0v) is 14.2. The summed E-state index contributed by atoms with van der Waals surface area (Å²) in [5.74, 6) is 1.66. The van der Waals surface area contributed by atoms with E-state index in [-0.39, 0.29) is 24.0 Å². The van der Waals surface area contributed by atoms with E-state index in [0.29, 0.717) is 5.75 Å². The van der Waals surface area contributed by atoms with Gasteiger partial charge in [-0.25, -0.2) is 0 Å². The van der Waals surface area contributed by atoms with Gasteiger partial charge >= 0.3 is 0 Å². The molecule has 0 amide bonds. The quantitative estimate of drug-likeness (QED) is 0.871. The van der Waals surface area contributed by atoms with Gasteiger partial charge in [-0.2, -0.15) is 0 Å². The van der Waals surface area contributed by atoms with Crippen molar-refractivity contribution in [3.63, 3.8) is 0 Å². The van der Waals surface area contributed by atoms with Crippen molar-refractivity contribution in [1.29, 1.82) is 0 Å². The molecule has 3 heteroatoms. The largest absolute Gasteiger partial charge is 0.507 e. The third-order valence-corrected chi connectivity index (χ3v) is 5.44. The number of benzene rings is 1. The zero-order valence-electron chi connectivity index (χ0n) is 14.2. The highest BCUT2D eigenvalue weighted by Gasteiger charge is 2.44. The number of fused-ring (bicyclic) bond motifs is 1. The topological polar surface area (TPSA) is 49.7 Å². The molecule has 3 rings (SSSR count). The van der Waals surface area contributed by atoms with Gasteiger partial charge in [0.2, 0.25) is 0 Å². The number of ether oxygens (including phenoxy) is 1. The Bertz CT molecular complexity index is 554. The molecular formula is C19H28O3. The Hall–Kier alpha value is -1.22. The van der Waals surface area contributed by atoms with Gasteiger partial charge in [-0.3, -0.25) is 0 Å². The minimum atomic E-state index is -0.0716. The van der Waals surface area contributed by atoms with E-state index in [1.807, 2.05) is 0 Å². The molecule has 1 heterocycles. The van der Waals surface area contributed by atoms with Gasteiger partial charge in [-0.15, -0.1) is 0 Å². The molecule has 1 aromatic rings. The zero-order chi connectivity index (χ0) is 16.1. The van der Waals surface area contributed by atoms with Gasteiger partial charge < -0.3 is 14.9 Å². The molecule has 1 aliphatic carbocycles. The van der Waals surface area contributed by atoms with E-state index in [1.54, 1.807) is 0 Å². The Morgan fingerprint density at radius 1 is 1.05 bits per heavy atom. The van der Waals surface area contributed by atoms with Gasteiger partial charge in [0, 0.05) is 22.3 Å². The van der Waals surface area contributed by atoms with Crippen LogP contribution in [0.25, 0.3) is 0 Å². The average molecular weight is 304 g/mol. The Morgan fingerprint density at radius 3 is 2.14 bits per heavy atom. The molecule has 1 aliphatic heterocycles. The van der Waals surface area contributed by atoms with Crippen LogP contribution in [0.4, 0.5) is 0 Å². The predicted molar refractivity (Wildman–Crippen MR) is 87.7 cm³/mol. The summed E-state index contributed by atoms with van der Waals surface area (Å²) in [4.78, 5) is 0. The van der Waals surface area contributed by atoms with Crippen molar-refractivity contribution in [1.82, 2.24) is 0 Å². The molecule has 1 spiro atoms. The van der Waals surface area contributed by atoms with Gasteiger partial charge in [0.05, 0.1) is 6.61 Å². The van der Waals surface area contributed by atoms with Crippen LogP contribution in [-0.2, 0) is 13.0 Å². The van der Waals surface area contributed by atoms with Crippen LogP contribution in [0.1, 0.15) is 87.5 Å². The number of phenolic OH excluding ortho intramolecular Hbond substituents is 1. The lowest BCUT2D eigenvalue weighted by Crippen LogP contribution is -2.46. The van der Waals surface area contributed by atoms with Crippen molar-refractivity contribution in [3.8, 4) is 11.5 Å². The highest BCUT2D eigenvalue weighted by Crippen LogP contribution is 2.52. The maximum absolute atomic E-state index is 10.8. The monoisotopic (exact) mass is 304 g/mol. The van der Waals surface area contributed by atoms with Crippen LogP contribution >= 0.6 is 0 Å². The van der Waals surface area contributed by atoms with Gasteiger partial charge in [0.1, 0.15) is 17.1 Å². The Labute approximate surface area is 133 Å². The summed E-state index contributed by atoms with van der Waals surface area (Å²) in [6.45, 7) is 8.29. The fraction of sp³-hybridized carbons (Fsp3) is 0.684. The third kappa shape index (κ3) is 2.21. The van der Waals surface area contributed by atoms with E-state index < -0.39 is 0 Å². The molecule has 0 bridgehead atoms. The number of phenols is 1. The van der Waals surface area contributed by atoms with E-state index in [4.69, 9.17) is 4.74 Å². The molecule has 3 nitrogen and oxygen atoms in total. The lowest BCUT2D eigenvalue weighted by Gasteiger charge is -2.47. The number of aromatic hydroxyl groups is 1. The van der Waals surface area contributed by atoms with Crippen LogP contribution in [-0.4, -0.2) is 15.8 Å². The molecule has 2 N–H and O–H groups in total. The molecule has 1 aromatic carbocycles. The Kier molecular flexibility index (Phi) is 3.88. The molecule has 0 atom stereocenters. The molecule has 1 saturated carbocycles. The smallest absolute Gasteiger partial charge is 0.129 e. The van der Waals surface area contributed by atoms with Gasteiger partial charge in [-0.1, -0.05) is 27.7 Å². The van der Waals surface area contributed by atoms with Crippen LogP contribution in [0.15, 0.2) is 0 Å². The minimum absolute atomic E-state index is 0.00358. The summed E-state index contributed by atoms with van der Waals surface area (Å²) in [6.07, 6.45) is 5.45. The Morgan fingerprint density at radius 2 is 1.68 bits per heavy atom. The first-order valence-corrected chi connectivity index (χ1v) is 8.60. The van der Waals surface area contributed by atoms with Crippen molar-refractivity contribution < 1.29 is 14.9 Å². The second kappa shape index (κ2) is 5.45. The standard InChI is InChI=1S/C19H28O3/c1-11(2)15-13-6-9-19(7-5-8-19)22-18(13)14(10-20)16(12(3)4)17(15)21/h11-12,20-21H,5-10H2,1-4H3. The summed E-state index contributed by atoms with van der Waals surface area (Å²) >= 11 is 0. The predicted octanol–water partition coefficient (Wildman–Crippen LogP) is 4.38. The number of aliphatic hydroxyl groups is 1. The van der Waals surface area contributed by atoms with Gasteiger partial charge in [0.25, 0.3) is 0 Å². The van der Waals surface area contributed by atoms with E-state index in [2.05, 4.69) is 27.7 Å². The van der Waals surface area contributed by atoms with Crippen LogP contribution in [0.2, 0.25) is 0 Å². The fourth-order valence-corrected chi connectivity index (χ4v) is 4.17. The SMILES string of the molecule is CC(C)c1c(O)c(C(C)C)c2c(c1CO)OC1(CCC1)CC2. The van der Waals surface area contributed by atoms with Gasteiger partial charge in [0.15, 0.2) is 0 Å². The second-order valence-corrected chi connectivity index (χ2v) is 7.57. The minimum Gasteiger partial charge on any atom is -0.507 e. The maximum atomic E-state index is 10.8.